The summed E-state index contributed by atoms with van der Waals surface area (Å²) in [5, 5.41) is 11.3. The van der Waals surface area contributed by atoms with Gasteiger partial charge in [0.1, 0.15) is 0 Å². The molecule has 0 saturated carbocycles. The van der Waals surface area contributed by atoms with E-state index >= 15 is 0 Å². The van der Waals surface area contributed by atoms with Crippen LogP contribution in [0.1, 0.15) is 31.2 Å². The minimum atomic E-state index is -0.0800. The van der Waals surface area contributed by atoms with Crippen LogP contribution >= 0.6 is 0 Å². The lowest BCUT2D eigenvalue weighted by Gasteiger charge is -2.31. The van der Waals surface area contributed by atoms with Crippen molar-refractivity contribution in [2.75, 3.05) is 24.5 Å². The molecule has 2 aromatic rings. The van der Waals surface area contributed by atoms with Gasteiger partial charge < -0.3 is 10.2 Å². The maximum absolute atomic E-state index is 12.4. The lowest BCUT2D eigenvalue weighted by molar-refractivity contribution is -0.125. The van der Waals surface area contributed by atoms with E-state index in [1.165, 1.54) is 4.57 Å². The molecule has 27 heavy (non-hydrogen) atoms. The van der Waals surface area contributed by atoms with E-state index in [-0.39, 0.29) is 17.4 Å². The molecule has 144 valence electrons. The van der Waals surface area contributed by atoms with E-state index in [0.29, 0.717) is 13.1 Å². The van der Waals surface area contributed by atoms with E-state index in [2.05, 4.69) is 25.4 Å². The number of amides is 1. The summed E-state index contributed by atoms with van der Waals surface area (Å²) in [7, 11) is 0. The lowest BCUT2D eigenvalue weighted by Crippen LogP contribution is -2.42. The topological polar surface area (TPSA) is 93.0 Å². The zero-order chi connectivity index (χ0) is 19.2. The van der Waals surface area contributed by atoms with Gasteiger partial charge in [0.25, 0.3) is 5.56 Å². The molecule has 0 atom stereocenters. The molecule has 3 heterocycles. The number of nitrogens with zero attached hydrogens (tertiary/aromatic N) is 5. The number of hydrogen-bond acceptors (Lipinski definition) is 6. The van der Waals surface area contributed by atoms with Crippen molar-refractivity contribution in [3.05, 3.63) is 46.3 Å². The van der Waals surface area contributed by atoms with Crippen LogP contribution in [0.4, 0.5) is 5.82 Å². The van der Waals surface area contributed by atoms with Gasteiger partial charge in [-0.3, -0.25) is 14.2 Å². The van der Waals surface area contributed by atoms with Gasteiger partial charge in [0.2, 0.25) is 5.91 Å². The third kappa shape index (κ3) is 4.90. The molecule has 1 saturated heterocycles. The Labute approximate surface area is 158 Å². The van der Waals surface area contributed by atoms with Crippen LogP contribution in [-0.2, 0) is 17.8 Å². The Hall–Kier alpha value is -2.77. The summed E-state index contributed by atoms with van der Waals surface area (Å²) in [5.41, 5.74) is 1.60. The second-order valence-corrected chi connectivity index (χ2v) is 6.85. The van der Waals surface area contributed by atoms with Crippen molar-refractivity contribution >= 4 is 11.7 Å². The first-order valence-corrected chi connectivity index (χ1v) is 9.45. The fourth-order valence-corrected chi connectivity index (χ4v) is 3.20. The average molecular weight is 370 g/mol. The number of hydrogen-bond donors (Lipinski definition) is 1. The summed E-state index contributed by atoms with van der Waals surface area (Å²) in [6.07, 6.45) is 3.86. The average Bonchev–Trinajstić information content (AvgIpc) is 2.69. The molecule has 8 nitrogen and oxygen atoms in total. The van der Waals surface area contributed by atoms with Crippen molar-refractivity contribution in [1.82, 2.24) is 25.1 Å². The third-order valence-corrected chi connectivity index (χ3v) is 4.92. The van der Waals surface area contributed by atoms with E-state index in [9.17, 15) is 9.59 Å². The Balaban J connectivity index is 1.44. The standard InChI is InChI=1S/C19H26N6O2/c1-3-16-12-18(26)25(13-21-16)11-8-20-19(27)15-6-9-24(10-7-15)17-5-4-14(2)22-23-17/h4-5,12-13,15H,3,6-11H2,1-2H3,(H,20,27). The lowest BCUT2D eigenvalue weighted by atomic mass is 9.96. The van der Waals surface area contributed by atoms with Crippen molar-refractivity contribution < 1.29 is 4.79 Å². The molecule has 2 aromatic heterocycles. The van der Waals surface area contributed by atoms with Gasteiger partial charge in [-0.2, -0.15) is 5.10 Å². The fourth-order valence-electron chi connectivity index (χ4n) is 3.20. The number of nitrogens with one attached hydrogen (secondary N) is 1. The first-order valence-electron chi connectivity index (χ1n) is 9.45. The summed E-state index contributed by atoms with van der Waals surface area (Å²) in [6.45, 7) is 6.31. The Morgan fingerprint density at radius 3 is 2.67 bits per heavy atom. The van der Waals surface area contributed by atoms with Gasteiger partial charge in [0, 0.05) is 43.9 Å². The zero-order valence-electron chi connectivity index (χ0n) is 15.9. The summed E-state index contributed by atoms with van der Waals surface area (Å²) in [6, 6.07) is 5.47. The molecule has 0 aliphatic carbocycles. The number of rotatable bonds is 6. The summed E-state index contributed by atoms with van der Waals surface area (Å²) < 4.78 is 1.53. The molecule has 0 aromatic carbocycles. The van der Waals surface area contributed by atoms with Gasteiger partial charge in [0.15, 0.2) is 5.82 Å². The highest BCUT2D eigenvalue weighted by molar-refractivity contribution is 5.78. The van der Waals surface area contributed by atoms with Gasteiger partial charge in [-0.15, -0.1) is 5.10 Å². The number of carbonyl (C=O) groups is 1. The van der Waals surface area contributed by atoms with Crippen molar-refractivity contribution in [3.8, 4) is 0 Å². The molecule has 1 fully saturated rings. The molecular weight excluding hydrogens is 344 g/mol. The predicted molar refractivity (Wildman–Crippen MR) is 103 cm³/mol. The summed E-state index contributed by atoms with van der Waals surface area (Å²) in [5.74, 6) is 0.912. The predicted octanol–water partition coefficient (Wildman–Crippen LogP) is 0.937. The van der Waals surface area contributed by atoms with Gasteiger partial charge in [-0.25, -0.2) is 4.98 Å². The Kier molecular flexibility index (Phi) is 6.16. The molecule has 8 heteroatoms. The van der Waals surface area contributed by atoms with Crippen molar-refractivity contribution in [2.24, 2.45) is 5.92 Å². The molecule has 1 N–H and O–H groups in total. The normalized spacial score (nSPS) is 15.0. The number of aryl methyl sites for hydroxylation is 2. The molecule has 1 aliphatic rings. The van der Waals surface area contributed by atoms with Crippen molar-refractivity contribution in [2.45, 2.75) is 39.7 Å². The van der Waals surface area contributed by atoms with E-state index in [4.69, 9.17) is 0 Å². The molecule has 0 unspecified atom stereocenters. The minimum Gasteiger partial charge on any atom is -0.355 e. The van der Waals surface area contributed by atoms with Gasteiger partial charge >= 0.3 is 0 Å². The zero-order valence-corrected chi connectivity index (χ0v) is 15.9. The second-order valence-electron chi connectivity index (χ2n) is 6.85. The first-order chi connectivity index (χ1) is 13.1. The van der Waals surface area contributed by atoms with Crippen LogP contribution in [-0.4, -0.2) is 45.3 Å². The number of piperidine rings is 1. The van der Waals surface area contributed by atoms with Crippen molar-refractivity contribution in [3.63, 3.8) is 0 Å². The number of carbonyl (C=O) groups excluding carboxylic acids is 1. The quantitative estimate of drug-likeness (QED) is 0.813. The molecule has 1 aliphatic heterocycles. The summed E-state index contributed by atoms with van der Waals surface area (Å²) >= 11 is 0. The Bertz CT molecular complexity index is 825. The van der Waals surface area contributed by atoms with Gasteiger partial charge in [-0.1, -0.05) is 6.92 Å². The van der Waals surface area contributed by atoms with Crippen LogP contribution in [0.15, 0.2) is 29.3 Å². The fraction of sp³-hybridized carbons (Fsp3) is 0.526. The van der Waals surface area contributed by atoms with Crippen LogP contribution < -0.4 is 15.8 Å². The number of anilines is 1. The highest BCUT2D eigenvalue weighted by atomic mass is 16.2. The molecular formula is C19H26N6O2. The van der Waals surface area contributed by atoms with Gasteiger partial charge in [-0.05, 0) is 38.3 Å². The summed E-state index contributed by atoms with van der Waals surface area (Å²) in [4.78, 5) is 30.7. The molecule has 0 bridgehead atoms. The molecule has 0 radical (unpaired) electrons. The maximum Gasteiger partial charge on any atom is 0.253 e. The van der Waals surface area contributed by atoms with Crippen LogP contribution in [0.3, 0.4) is 0 Å². The molecule has 3 rings (SSSR count). The minimum absolute atomic E-state index is 0.00280. The van der Waals surface area contributed by atoms with Gasteiger partial charge in [0.05, 0.1) is 12.0 Å². The second kappa shape index (κ2) is 8.75. The molecule has 0 spiro atoms. The SMILES string of the molecule is CCc1cc(=O)n(CCNC(=O)C2CCN(c3ccc(C)nn3)CC2)cn1. The largest absolute Gasteiger partial charge is 0.355 e. The van der Waals surface area contributed by atoms with Crippen molar-refractivity contribution in [1.29, 1.82) is 0 Å². The highest BCUT2D eigenvalue weighted by Gasteiger charge is 2.25. The first kappa shape index (κ1) is 19.0. The van der Waals surface area contributed by atoms with Crippen LogP contribution in [0.2, 0.25) is 0 Å². The Morgan fingerprint density at radius 2 is 2.04 bits per heavy atom. The van der Waals surface area contributed by atoms with Crippen LogP contribution in [0.25, 0.3) is 0 Å². The monoisotopic (exact) mass is 370 g/mol. The van der Waals surface area contributed by atoms with Crippen LogP contribution in [0, 0.1) is 12.8 Å². The third-order valence-electron chi connectivity index (χ3n) is 4.92. The van der Waals surface area contributed by atoms with E-state index in [1.807, 2.05) is 26.0 Å². The van der Waals surface area contributed by atoms with E-state index in [1.54, 1.807) is 12.4 Å². The van der Waals surface area contributed by atoms with Crippen LogP contribution in [0.5, 0.6) is 0 Å². The van der Waals surface area contributed by atoms with E-state index in [0.717, 1.165) is 49.6 Å². The van der Waals surface area contributed by atoms with E-state index < -0.39 is 0 Å². The smallest absolute Gasteiger partial charge is 0.253 e. The highest BCUT2D eigenvalue weighted by Crippen LogP contribution is 2.21. The molecule has 1 amide bonds. The maximum atomic E-state index is 12.4. The Morgan fingerprint density at radius 1 is 1.26 bits per heavy atom. The number of aromatic nitrogens is 4.